The molecule has 18 heavy (non-hydrogen) atoms. The van der Waals surface area contributed by atoms with Crippen LogP contribution in [0.25, 0.3) is 0 Å². The summed E-state index contributed by atoms with van der Waals surface area (Å²) in [4.78, 5) is 11.5. The van der Waals surface area contributed by atoms with E-state index in [1.165, 1.54) is 5.56 Å². The van der Waals surface area contributed by atoms with E-state index in [4.69, 9.17) is 4.74 Å². The van der Waals surface area contributed by atoms with Gasteiger partial charge in [0.25, 0.3) is 0 Å². The maximum absolute atomic E-state index is 11.5. The molecule has 0 aliphatic heterocycles. The topological polar surface area (TPSA) is 44.1 Å². The Bertz CT molecular complexity index is 489. The molecule has 2 rings (SSSR count). The van der Waals surface area contributed by atoms with Crippen LogP contribution in [0, 0.1) is 0 Å². The summed E-state index contributed by atoms with van der Waals surface area (Å²) in [7, 11) is 0. The molecule has 0 saturated heterocycles. The lowest BCUT2D eigenvalue weighted by atomic mass is 10.1. The predicted octanol–water partition coefficient (Wildman–Crippen LogP) is 2.30. The molecule has 2 aromatic rings. The molecule has 0 bridgehead atoms. The molecule has 0 N–H and O–H groups in total. The van der Waals surface area contributed by atoms with Gasteiger partial charge in [0, 0.05) is 18.9 Å². The number of benzene rings is 1. The lowest BCUT2D eigenvalue weighted by molar-refractivity contribution is 0.0526. The minimum Gasteiger partial charge on any atom is -0.462 e. The van der Waals surface area contributed by atoms with E-state index in [0.29, 0.717) is 12.2 Å². The average Bonchev–Trinajstić information content (AvgIpc) is 2.90. The SMILES string of the molecule is CCOC(=O)c1ccc(CCn2cccn2)cc1. The lowest BCUT2D eigenvalue weighted by Gasteiger charge is -2.04. The highest BCUT2D eigenvalue weighted by molar-refractivity contribution is 5.89. The Morgan fingerprint density at radius 3 is 2.72 bits per heavy atom. The van der Waals surface area contributed by atoms with E-state index in [1.807, 2.05) is 29.1 Å². The van der Waals surface area contributed by atoms with Crippen LogP contribution in [0.4, 0.5) is 0 Å². The molecule has 0 radical (unpaired) electrons. The molecule has 1 aromatic carbocycles. The van der Waals surface area contributed by atoms with Gasteiger partial charge < -0.3 is 4.74 Å². The fourth-order valence-corrected chi connectivity index (χ4v) is 1.70. The minimum absolute atomic E-state index is 0.267. The van der Waals surface area contributed by atoms with Crippen molar-refractivity contribution < 1.29 is 9.53 Å². The van der Waals surface area contributed by atoms with E-state index in [0.717, 1.165) is 13.0 Å². The Labute approximate surface area is 106 Å². The second-order valence-corrected chi connectivity index (χ2v) is 3.94. The van der Waals surface area contributed by atoms with Crippen LogP contribution in [0.5, 0.6) is 0 Å². The van der Waals surface area contributed by atoms with Crippen LogP contribution in [0.1, 0.15) is 22.8 Å². The van der Waals surface area contributed by atoms with Crippen LogP contribution in [0.3, 0.4) is 0 Å². The van der Waals surface area contributed by atoms with Crippen molar-refractivity contribution in [3.8, 4) is 0 Å². The number of aryl methyl sites for hydroxylation is 2. The van der Waals surface area contributed by atoms with Crippen molar-refractivity contribution in [2.24, 2.45) is 0 Å². The van der Waals surface area contributed by atoms with Gasteiger partial charge in [0.1, 0.15) is 0 Å². The summed E-state index contributed by atoms with van der Waals surface area (Å²) < 4.78 is 6.82. The monoisotopic (exact) mass is 244 g/mol. The summed E-state index contributed by atoms with van der Waals surface area (Å²) in [5.74, 6) is -0.267. The van der Waals surface area contributed by atoms with Crippen LogP contribution in [-0.4, -0.2) is 22.4 Å². The summed E-state index contributed by atoms with van der Waals surface area (Å²) in [6.07, 6.45) is 4.60. The third-order valence-electron chi connectivity index (χ3n) is 2.65. The molecule has 1 heterocycles. The Morgan fingerprint density at radius 1 is 1.33 bits per heavy atom. The van der Waals surface area contributed by atoms with Crippen LogP contribution in [0.2, 0.25) is 0 Å². The Kier molecular flexibility index (Phi) is 4.12. The van der Waals surface area contributed by atoms with Crippen LogP contribution in [0.15, 0.2) is 42.7 Å². The fraction of sp³-hybridized carbons (Fsp3) is 0.286. The summed E-state index contributed by atoms with van der Waals surface area (Å²) in [6, 6.07) is 9.42. The van der Waals surface area contributed by atoms with Crippen LogP contribution in [-0.2, 0) is 17.7 Å². The molecule has 4 heteroatoms. The van der Waals surface area contributed by atoms with Crippen molar-refractivity contribution in [1.29, 1.82) is 0 Å². The van der Waals surface area contributed by atoms with Crippen molar-refractivity contribution in [2.75, 3.05) is 6.61 Å². The smallest absolute Gasteiger partial charge is 0.338 e. The van der Waals surface area contributed by atoms with Gasteiger partial charge in [-0.15, -0.1) is 0 Å². The van der Waals surface area contributed by atoms with Gasteiger partial charge in [-0.3, -0.25) is 4.68 Å². The van der Waals surface area contributed by atoms with Gasteiger partial charge in [0.2, 0.25) is 0 Å². The molecule has 0 aliphatic carbocycles. The number of ether oxygens (including phenoxy) is 1. The molecule has 0 atom stereocenters. The highest BCUT2D eigenvalue weighted by Crippen LogP contribution is 2.07. The number of carbonyl (C=O) groups excluding carboxylic acids is 1. The van der Waals surface area contributed by atoms with Gasteiger partial charge in [-0.1, -0.05) is 12.1 Å². The molecular formula is C14H16N2O2. The first-order chi connectivity index (χ1) is 8.79. The first-order valence-electron chi connectivity index (χ1n) is 6.03. The highest BCUT2D eigenvalue weighted by Gasteiger charge is 2.05. The lowest BCUT2D eigenvalue weighted by Crippen LogP contribution is -2.05. The highest BCUT2D eigenvalue weighted by atomic mass is 16.5. The molecule has 0 fully saturated rings. The number of rotatable bonds is 5. The fourth-order valence-electron chi connectivity index (χ4n) is 1.70. The summed E-state index contributed by atoms with van der Waals surface area (Å²) >= 11 is 0. The normalized spacial score (nSPS) is 10.3. The van der Waals surface area contributed by atoms with E-state index >= 15 is 0 Å². The third kappa shape index (κ3) is 3.20. The molecule has 94 valence electrons. The molecule has 0 unspecified atom stereocenters. The average molecular weight is 244 g/mol. The summed E-state index contributed by atoms with van der Waals surface area (Å²) in [5.41, 5.74) is 1.78. The number of hydrogen-bond donors (Lipinski definition) is 0. The zero-order valence-electron chi connectivity index (χ0n) is 10.4. The Morgan fingerprint density at radius 2 is 2.11 bits per heavy atom. The largest absolute Gasteiger partial charge is 0.462 e. The first-order valence-corrected chi connectivity index (χ1v) is 6.03. The van der Waals surface area contributed by atoms with Crippen LogP contribution < -0.4 is 0 Å². The van der Waals surface area contributed by atoms with Crippen molar-refractivity contribution in [1.82, 2.24) is 9.78 Å². The van der Waals surface area contributed by atoms with Gasteiger partial charge in [0.15, 0.2) is 0 Å². The van der Waals surface area contributed by atoms with Crippen molar-refractivity contribution >= 4 is 5.97 Å². The zero-order chi connectivity index (χ0) is 12.8. The Balaban J connectivity index is 1.93. The first kappa shape index (κ1) is 12.4. The second kappa shape index (κ2) is 6.00. The Hall–Kier alpha value is -2.10. The van der Waals surface area contributed by atoms with Gasteiger partial charge in [-0.25, -0.2) is 4.79 Å². The van der Waals surface area contributed by atoms with E-state index in [9.17, 15) is 4.79 Å². The minimum atomic E-state index is -0.267. The molecule has 1 aromatic heterocycles. The standard InChI is InChI=1S/C14H16N2O2/c1-2-18-14(17)13-6-4-12(5-7-13)8-11-16-10-3-9-15-16/h3-7,9-10H,2,8,11H2,1H3. The summed E-state index contributed by atoms with van der Waals surface area (Å²) in [5, 5.41) is 4.14. The van der Waals surface area contributed by atoms with E-state index in [-0.39, 0.29) is 5.97 Å². The number of carbonyl (C=O) groups is 1. The molecule has 0 aliphatic rings. The second-order valence-electron chi connectivity index (χ2n) is 3.94. The van der Waals surface area contributed by atoms with Crippen LogP contribution >= 0.6 is 0 Å². The molecule has 0 saturated carbocycles. The molecule has 0 spiro atoms. The van der Waals surface area contributed by atoms with Crippen molar-refractivity contribution in [3.05, 3.63) is 53.9 Å². The quantitative estimate of drug-likeness (QED) is 0.758. The van der Waals surface area contributed by atoms with E-state index in [1.54, 1.807) is 25.3 Å². The van der Waals surface area contributed by atoms with Crippen molar-refractivity contribution in [3.63, 3.8) is 0 Å². The maximum Gasteiger partial charge on any atom is 0.338 e. The van der Waals surface area contributed by atoms with E-state index < -0.39 is 0 Å². The predicted molar refractivity (Wildman–Crippen MR) is 68.3 cm³/mol. The zero-order valence-corrected chi connectivity index (χ0v) is 10.4. The number of esters is 1. The van der Waals surface area contributed by atoms with Crippen molar-refractivity contribution in [2.45, 2.75) is 19.9 Å². The van der Waals surface area contributed by atoms with Gasteiger partial charge in [-0.2, -0.15) is 5.10 Å². The van der Waals surface area contributed by atoms with Gasteiger partial charge in [0.05, 0.1) is 12.2 Å². The van der Waals surface area contributed by atoms with Gasteiger partial charge in [-0.05, 0) is 37.1 Å². The van der Waals surface area contributed by atoms with Gasteiger partial charge >= 0.3 is 5.97 Å². The van der Waals surface area contributed by atoms with E-state index in [2.05, 4.69) is 5.10 Å². The molecule has 0 amide bonds. The third-order valence-corrected chi connectivity index (χ3v) is 2.65. The molecular weight excluding hydrogens is 228 g/mol. The number of aromatic nitrogens is 2. The number of nitrogens with zero attached hydrogens (tertiary/aromatic N) is 2. The maximum atomic E-state index is 11.5. The molecule has 4 nitrogen and oxygen atoms in total. The number of hydrogen-bond acceptors (Lipinski definition) is 3. The summed E-state index contributed by atoms with van der Waals surface area (Å²) in [6.45, 7) is 3.04.